The Morgan fingerprint density at radius 1 is 1.36 bits per heavy atom. The van der Waals surface area contributed by atoms with Gasteiger partial charge in [-0.25, -0.2) is 0 Å². The Kier molecular flexibility index (Phi) is 3.81. The predicted molar refractivity (Wildman–Crippen MR) is 55.8 cm³/mol. The first kappa shape index (κ1) is 10.7. The zero-order valence-electron chi connectivity index (χ0n) is 7.45. The van der Waals surface area contributed by atoms with Crippen LogP contribution in [0.1, 0.15) is 20.8 Å². The van der Waals surface area contributed by atoms with E-state index in [-0.39, 0.29) is 5.41 Å². The maximum atomic E-state index is 3.75. The molecular formula is C10H15Br. The molecule has 0 fully saturated rings. The van der Waals surface area contributed by atoms with Gasteiger partial charge in [0.15, 0.2) is 0 Å². The highest BCUT2D eigenvalue weighted by Gasteiger charge is 2.13. The first-order valence-electron chi connectivity index (χ1n) is 3.57. The highest BCUT2D eigenvalue weighted by atomic mass is 79.9. The van der Waals surface area contributed by atoms with Gasteiger partial charge in [0.1, 0.15) is 0 Å². The summed E-state index contributed by atoms with van der Waals surface area (Å²) in [5.74, 6) is 0. The lowest BCUT2D eigenvalue weighted by Gasteiger charge is -2.19. The van der Waals surface area contributed by atoms with E-state index < -0.39 is 0 Å². The van der Waals surface area contributed by atoms with Crippen molar-refractivity contribution in [2.75, 3.05) is 0 Å². The molecule has 0 aliphatic heterocycles. The number of halogens is 1. The van der Waals surface area contributed by atoms with Crippen LogP contribution in [0.15, 0.2) is 35.4 Å². The van der Waals surface area contributed by atoms with Crippen LogP contribution in [-0.2, 0) is 0 Å². The maximum absolute atomic E-state index is 3.75. The Morgan fingerprint density at radius 3 is 1.91 bits per heavy atom. The molecule has 0 N–H and O–H groups in total. The van der Waals surface area contributed by atoms with E-state index in [0.29, 0.717) is 0 Å². The normalized spacial score (nSPS) is 12.9. The number of rotatable bonds is 2. The Hall–Kier alpha value is -0.300. The number of hydrogen-bond donors (Lipinski definition) is 0. The average molecular weight is 215 g/mol. The summed E-state index contributed by atoms with van der Waals surface area (Å²) in [6, 6.07) is 0. The topological polar surface area (TPSA) is 0 Å². The molecule has 0 rings (SSSR count). The molecular weight excluding hydrogens is 200 g/mol. The van der Waals surface area contributed by atoms with Crippen LogP contribution in [0.2, 0.25) is 0 Å². The molecule has 0 unspecified atom stereocenters. The van der Waals surface area contributed by atoms with Crippen LogP contribution in [0.5, 0.6) is 0 Å². The first-order chi connectivity index (χ1) is 4.88. The Bertz CT molecular complexity index is 191. The summed E-state index contributed by atoms with van der Waals surface area (Å²) < 4.78 is 0.891. The third-order valence-corrected chi connectivity index (χ3v) is 1.63. The molecule has 0 bridgehead atoms. The summed E-state index contributed by atoms with van der Waals surface area (Å²) in [4.78, 5) is 0. The molecule has 0 saturated carbocycles. The fourth-order valence-corrected chi connectivity index (χ4v) is 0.997. The van der Waals surface area contributed by atoms with Gasteiger partial charge in [0.2, 0.25) is 0 Å². The monoisotopic (exact) mass is 214 g/mol. The molecule has 0 heterocycles. The first-order valence-corrected chi connectivity index (χ1v) is 4.36. The smallest absolute Gasteiger partial charge is 0.0106 e. The van der Waals surface area contributed by atoms with E-state index in [4.69, 9.17) is 0 Å². The second-order valence-corrected chi connectivity index (χ2v) is 4.52. The summed E-state index contributed by atoms with van der Waals surface area (Å²) in [7, 11) is 0. The summed E-state index contributed by atoms with van der Waals surface area (Å²) in [5, 5.41) is 0. The standard InChI is InChI=1S/C10H15Br/c1-6-9(7-8(2)11)10(3,4)5/h6-7H,1-2H2,3-5H3. The number of allylic oxidation sites excluding steroid dienone is 4. The summed E-state index contributed by atoms with van der Waals surface area (Å²) in [6.45, 7) is 13.9. The van der Waals surface area contributed by atoms with E-state index >= 15 is 0 Å². The third-order valence-electron chi connectivity index (χ3n) is 1.40. The molecule has 0 amide bonds. The minimum Gasteiger partial charge on any atom is -0.0988 e. The zero-order valence-corrected chi connectivity index (χ0v) is 9.03. The maximum Gasteiger partial charge on any atom is 0.0106 e. The van der Waals surface area contributed by atoms with Crippen molar-refractivity contribution >= 4 is 15.9 Å². The molecule has 0 nitrogen and oxygen atoms in total. The summed E-state index contributed by atoms with van der Waals surface area (Å²) >= 11 is 3.29. The lowest BCUT2D eigenvalue weighted by atomic mass is 9.86. The van der Waals surface area contributed by atoms with Gasteiger partial charge in [-0.05, 0) is 17.1 Å². The molecule has 0 aromatic heterocycles. The zero-order chi connectivity index (χ0) is 9.07. The van der Waals surface area contributed by atoms with Gasteiger partial charge in [0.05, 0.1) is 0 Å². The van der Waals surface area contributed by atoms with Crippen LogP contribution < -0.4 is 0 Å². The second kappa shape index (κ2) is 3.91. The van der Waals surface area contributed by atoms with E-state index in [1.807, 2.05) is 12.2 Å². The van der Waals surface area contributed by atoms with Crippen molar-refractivity contribution in [3.8, 4) is 0 Å². The summed E-state index contributed by atoms with van der Waals surface area (Å²) in [6.07, 6.45) is 3.86. The van der Waals surface area contributed by atoms with Gasteiger partial charge in [-0.3, -0.25) is 0 Å². The van der Waals surface area contributed by atoms with Crippen molar-refractivity contribution in [3.05, 3.63) is 35.4 Å². The Morgan fingerprint density at radius 2 is 1.82 bits per heavy atom. The van der Waals surface area contributed by atoms with Gasteiger partial charge < -0.3 is 0 Å². The number of hydrogen-bond acceptors (Lipinski definition) is 0. The van der Waals surface area contributed by atoms with Crippen LogP contribution in [0.4, 0.5) is 0 Å². The van der Waals surface area contributed by atoms with Gasteiger partial charge in [-0.15, -0.1) is 0 Å². The second-order valence-electron chi connectivity index (χ2n) is 3.50. The molecule has 62 valence electrons. The van der Waals surface area contributed by atoms with Crippen LogP contribution in [0, 0.1) is 5.41 Å². The lowest BCUT2D eigenvalue weighted by Crippen LogP contribution is -2.06. The molecule has 0 aromatic carbocycles. The molecule has 0 atom stereocenters. The van der Waals surface area contributed by atoms with Crippen molar-refractivity contribution in [1.29, 1.82) is 0 Å². The molecule has 0 spiro atoms. The van der Waals surface area contributed by atoms with Crippen LogP contribution in [0.3, 0.4) is 0 Å². The highest BCUT2D eigenvalue weighted by Crippen LogP contribution is 2.27. The van der Waals surface area contributed by atoms with Crippen LogP contribution in [0.25, 0.3) is 0 Å². The molecule has 0 aliphatic carbocycles. The van der Waals surface area contributed by atoms with Gasteiger partial charge in [0, 0.05) is 4.48 Å². The van der Waals surface area contributed by atoms with Crippen molar-refractivity contribution < 1.29 is 0 Å². The minimum atomic E-state index is 0.151. The van der Waals surface area contributed by atoms with Crippen molar-refractivity contribution in [1.82, 2.24) is 0 Å². The third kappa shape index (κ3) is 4.20. The van der Waals surface area contributed by atoms with Crippen molar-refractivity contribution in [2.24, 2.45) is 5.41 Å². The quantitative estimate of drug-likeness (QED) is 0.609. The Balaban J connectivity index is 4.68. The molecule has 0 aliphatic rings. The molecule has 0 radical (unpaired) electrons. The van der Waals surface area contributed by atoms with Gasteiger partial charge in [0.25, 0.3) is 0 Å². The van der Waals surface area contributed by atoms with E-state index in [1.165, 1.54) is 5.57 Å². The van der Waals surface area contributed by atoms with E-state index in [2.05, 4.69) is 49.9 Å². The molecule has 1 heteroatoms. The van der Waals surface area contributed by atoms with Crippen LogP contribution in [-0.4, -0.2) is 0 Å². The van der Waals surface area contributed by atoms with Crippen LogP contribution >= 0.6 is 15.9 Å². The van der Waals surface area contributed by atoms with E-state index in [0.717, 1.165) is 4.48 Å². The van der Waals surface area contributed by atoms with Crippen molar-refractivity contribution in [3.63, 3.8) is 0 Å². The lowest BCUT2D eigenvalue weighted by molar-refractivity contribution is 0.517. The average Bonchev–Trinajstić information content (AvgIpc) is 1.79. The van der Waals surface area contributed by atoms with E-state index in [1.54, 1.807) is 0 Å². The highest BCUT2D eigenvalue weighted by molar-refractivity contribution is 9.11. The predicted octanol–water partition coefficient (Wildman–Crippen LogP) is 4.05. The largest absolute Gasteiger partial charge is 0.0988 e. The Labute approximate surface area is 77.8 Å². The molecule has 0 aromatic rings. The summed E-state index contributed by atoms with van der Waals surface area (Å²) in [5.41, 5.74) is 1.35. The fraction of sp³-hybridized carbons (Fsp3) is 0.400. The van der Waals surface area contributed by atoms with E-state index in [9.17, 15) is 0 Å². The molecule has 11 heavy (non-hydrogen) atoms. The minimum absolute atomic E-state index is 0.151. The van der Waals surface area contributed by atoms with Gasteiger partial charge in [-0.1, -0.05) is 55.9 Å². The fourth-order valence-electron chi connectivity index (χ4n) is 0.750. The van der Waals surface area contributed by atoms with Gasteiger partial charge in [-0.2, -0.15) is 0 Å². The SMILES string of the molecule is C=CC(=CC(=C)Br)C(C)(C)C. The van der Waals surface area contributed by atoms with Crippen molar-refractivity contribution in [2.45, 2.75) is 20.8 Å². The van der Waals surface area contributed by atoms with Gasteiger partial charge >= 0.3 is 0 Å². The molecule has 0 saturated heterocycles.